The molecule has 1 amide bonds. The Morgan fingerprint density at radius 2 is 2.14 bits per heavy atom. The summed E-state index contributed by atoms with van der Waals surface area (Å²) in [7, 11) is 0. The molecule has 21 heavy (non-hydrogen) atoms. The maximum absolute atomic E-state index is 12.6. The molecule has 1 aromatic carbocycles. The van der Waals surface area contributed by atoms with E-state index in [-0.39, 0.29) is 11.7 Å². The average molecular weight is 286 g/mol. The topological polar surface area (TPSA) is 91.8 Å². The highest BCUT2D eigenvalue weighted by Gasteiger charge is 2.17. The number of carbonyl (C=O) groups excluding carboxylic acids is 1. The van der Waals surface area contributed by atoms with Crippen molar-refractivity contribution in [3.05, 3.63) is 42.1 Å². The quantitative estimate of drug-likeness (QED) is 0.379. The summed E-state index contributed by atoms with van der Waals surface area (Å²) in [6.45, 7) is 2.85. The lowest BCUT2D eigenvalue weighted by Crippen LogP contribution is -2.34. The van der Waals surface area contributed by atoms with Gasteiger partial charge in [-0.3, -0.25) is 9.78 Å². The van der Waals surface area contributed by atoms with Gasteiger partial charge in [0.25, 0.3) is 5.91 Å². The fraction of sp³-hybridized carbons (Fsp3) is 0.267. The van der Waals surface area contributed by atoms with Gasteiger partial charge in [-0.05, 0) is 19.1 Å². The van der Waals surface area contributed by atoms with Gasteiger partial charge in [-0.25, -0.2) is 0 Å². The molecule has 1 heterocycles. The third kappa shape index (κ3) is 3.28. The zero-order chi connectivity index (χ0) is 15.2. The summed E-state index contributed by atoms with van der Waals surface area (Å²) in [5.41, 5.74) is 6.86. The third-order valence-electron chi connectivity index (χ3n) is 3.31. The number of hydrogen-bond donors (Lipinski definition) is 2. The van der Waals surface area contributed by atoms with E-state index in [9.17, 15) is 4.79 Å². The Labute approximate surface area is 122 Å². The number of fused-ring (bicyclic) bond motifs is 1. The summed E-state index contributed by atoms with van der Waals surface area (Å²) in [4.78, 5) is 18.6. The maximum atomic E-state index is 12.6. The van der Waals surface area contributed by atoms with Gasteiger partial charge >= 0.3 is 0 Å². The van der Waals surface area contributed by atoms with E-state index >= 15 is 0 Å². The lowest BCUT2D eigenvalue weighted by molar-refractivity contribution is 0.0770. The van der Waals surface area contributed by atoms with Crippen molar-refractivity contribution in [2.75, 3.05) is 13.1 Å². The molecular formula is C15H18N4O2. The Morgan fingerprint density at radius 1 is 1.38 bits per heavy atom. The van der Waals surface area contributed by atoms with E-state index in [0.717, 1.165) is 10.9 Å². The Morgan fingerprint density at radius 3 is 2.86 bits per heavy atom. The van der Waals surface area contributed by atoms with Gasteiger partial charge in [0, 0.05) is 31.1 Å². The minimum atomic E-state index is -0.0816. The van der Waals surface area contributed by atoms with E-state index in [1.165, 1.54) is 0 Å². The van der Waals surface area contributed by atoms with Crippen molar-refractivity contribution in [1.82, 2.24) is 9.88 Å². The Kier molecular flexibility index (Phi) is 4.71. The Hall–Kier alpha value is -2.63. The molecule has 0 fully saturated rings. The van der Waals surface area contributed by atoms with Crippen LogP contribution in [0.3, 0.4) is 0 Å². The molecule has 2 aromatic rings. The van der Waals surface area contributed by atoms with Crippen LogP contribution in [0.2, 0.25) is 0 Å². The van der Waals surface area contributed by atoms with Gasteiger partial charge in [-0.2, -0.15) is 0 Å². The number of hydrogen-bond acceptors (Lipinski definition) is 4. The van der Waals surface area contributed by atoms with Crippen LogP contribution in [0.25, 0.3) is 10.9 Å². The number of amides is 1. The van der Waals surface area contributed by atoms with Crippen LogP contribution in [-0.4, -0.2) is 39.9 Å². The van der Waals surface area contributed by atoms with Gasteiger partial charge in [0.15, 0.2) is 0 Å². The Balaban J connectivity index is 2.27. The van der Waals surface area contributed by atoms with Crippen molar-refractivity contribution >= 4 is 22.6 Å². The van der Waals surface area contributed by atoms with Crippen LogP contribution in [0.1, 0.15) is 23.7 Å². The molecule has 0 bridgehead atoms. The molecule has 110 valence electrons. The maximum Gasteiger partial charge on any atom is 0.254 e. The first kappa shape index (κ1) is 14.8. The van der Waals surface area contributed by atoms with Crippen LogP contribution in [-0.2, 0) is 0 Å². The van der Waals surface area contributed by atoms with Gasteiger partial charge < -0.3 is 15.8 Å². The molecule has 0 aliphatic heterocycles. The largest absolute Gasteiger partial charge is 0.409 e. The van der Waals surface area contributed by atoms with Crippen molar-refractivity contribution in [1.29, 1.82) is 0 Å². The standard InChI is InChI=1S/C15H18N4O2/c1-2-19(10-8-14(16)18-21)15(20)12-7-9-17-13-6-4-3-5-11(12)13/h3-7,9,21H,2,8,10H2,1H3,(H2,16,18). The van der Waals surface area contributed by atoms with E-state index in [0.29, 0.717) is 25.1 Å². The monoisotopic (exact) mass is 286 g/mol. The smallest absolute Gasteiger partial charge is 0.254 e. The summed E-state index contributed by atoms with van der Waals surface area (Å²) in [5.74, 6) is 0.0303. The minimum Gasteiger partial charge on any atom is -0.409 e. The number of nitrogens with zero attached hydrogens (tertiary/aromatic N) is 3. The van der Waals surface area contributed by atoms with Crippen LogP contribution in [0.15, 0.2) is 41.7 Å². The first-order chi connectivity index (χ1) is 10.2. The molecule has 0 aliphatic rings. The van der Waals surface area contributed by atoms with E-state index in [4.69, 9.17) is 10.9 Å². The fourth-order valence-corrected chi connectivity index (χ4v) is 2.16. The van der Waals surface area contributed by atoms with Crippen LogP contribution < -0.4 is 5.73 Å². The SMILES string of the molecule is CCN(CC/C(N)=N/O)C(=O)c1ccnc2ccccc12. The predicted molar refractivity (Wildman–Crippen MR) is 81.3 cm³/mol. The number of nitrogens with two attached hydrogens (primary N) is 1. The number of oxime groups is 1. The van der Waals surface area contributed by atoms with Crippen molar-refractivity contribution in [2.24, 2.45) is 10.9 Å². The number of pyridine rings is 1. The second-order valence-corrected chi connectivity index (χ2v) is 4.60. The number of carbonyl (C=O) groups is 1. The number of para-hydroxylation sites is 1. The molecule has 3 N–H and O–H groups in total. The van der Waals surface area contributed by atoms with Gasteiger partial charge in [-0.1, -0.05) is 23.4 Å². The summed E-state index contributed by atoms with van der Waals surface area (Å²) in [6.07, 6.45) is 1.96. The van der Waals surface area contributed by atoms with Crippen molar-refractivity contribution < 1.29 is 10.0 Å². The van der Waals surface area contributed by atoms with Crippen LogP contribution in [0.5, 0.6) is 0 Å². The van der Waals surface area contributed by atoms with E-state index in [2.05, 4.69) is 10.1 Å². The number of benzene rings is 1. The zero-order valence-electron chi connectivity index (χ0n) is 11.9. The third-order valence-corrected chi connectivity index (χ3v) is 3.31. The second-order valence-electron chi connectivity index (χ2n) is 4.60. The molecule has 6 nitrogen and oxygen atoms in total. The molecule has 0 spiro atoms. The van der Waals surface area contributed by atoms with Gasteiger partial charge in [-0.15, -0.1) is 0 Å². The fourth-order valence-electron chi connectivity index (χ4n) is 2.16. The van der Waals surface area contributed by atoms with E-state index in [1.54, 1.807) is 17.2 Å². The van der Waals surface area contributed by atoms with Gasteiger partial charge in [0.1, 0.15) is 5.84 Å². The number of rotatable bonds is 5. The summed E-state index contributed by atoms with van der Waals surface area (Å²) >= 11 is 0. The molecule has 0 aliphatic carbocycles. The van der Waals surface area contributed by atoms with Crippen LogP contribution in [0, 0.1) is 0 Å². The van der Waals surface area contributed by atoms with Crippen molar-refractivity contribution in [3.63, 3.8) is 0 Å². The number of amidine groups is 1. The molecule has 0 saturated carbocycles. The summed E-state index contributed by atoms with van der Waals surface area (Å²) in [5, 5.41) is 12.3. The molecule has 0 atom stereocenters. The first-order valence-corrected chi connectivity index (χ1v) is 6.76. The molecular weight excluding hydrogens is 268 g/mol. The Bertz CT molecular complexity index is 664. The molecule has 0 radical (unpaired) electrons. The zero-order valence-corrected chi connectivity index (χ0v) is 11.9. The molecule has 1 aromatic heterocycles. The van der Waals surface area contributed by atoms with Crippen molar-refractivity contribution in [3.8, 4) is 0 Å². The van der Waals surface area contributed by atoms with Crippen LogP contribution >= 0.6 is 0 Å². The van der Waals surface area contributed by atoms with Crippen molar-refractivity contribution in [2.45, 2.75) is 13.3 Å². The van der Waals surface area contributed by atoms with E-state index < -0.39 is 0 Å². The van der Waals surface area contributed by atoms with E-state index in [1.807, 2.05) is 31.2 Å². The molecule has 0 unspecified atom stereocenters. The lowest BCUT2D eigenvalue weighted by Gasteiger charge is -2.21. The van der Waals surface area contributed by atoms with Crippen LogP contribution in [0.4, 0.5) is 0 Å². The van der Waals surface area contributed by atoms with Gasteiger partial charge in [0.05, 0.1) is 11.1 Å². The molecule has 2 rings (SSSR count). The normalized spacial score (nSPS) is 11.6. The lowest BCUT2D eigenvalue weighted by atomic mass is 10.1. The average Bonchev–Trinajstić information content (AvgIpc) is 2.54. The predicted octanol–water partition coefficient (Wildman–Crippen LogP) is 1.83. The summed E-state index contributed by atoms with van der Waals surface area (Å²) < 4.78 is 0. The molecule has 6 heteroatoms. The minimum absolute atomic E-state index is 0.0816. The molecule has 0 saturated heterocycles. The summed E-state index contributed by atoms with van der Waals surface area (Å²) in [6, 6.07) is 9.25. The first-order valence-electron chi connectivity index (χ1n) is 6.76. The second kappa shape index (κ2) is 6.69. The highest BCUT2D eigenvalue weighted by atomic mass is 16.4. The van der Waals surface area contributed by atoms with Gasteiger partial charge in [0.2, 0.25) is 0 Å². The highest BCUT2D eigenvalue weighted by Crippen LogP contribution is 2.18. The highest BCUT2D eigenvalue weighted by molar-refractivity contribution is 6.06. The number of aromatic nitrogens is 1.